The quantitative estimate of drug-likeness (QED) is 0.849. The summed E-state index contributed by atoms with van der Waals surface area (Å²) in [6.45, 7) is 2.84. The van der Waals surface area contributed by atoms with Crippen LogP contribution in [0.1, 0.15) is 37.7 Å². The van der Waals surface area contributed by atoms with Gasteiger partial charge in [-0.05, 0) is 37.6 Å². The summed E-state index contributed by atoms with van der Waals surface area (Å²) >= 11 is 0. The average molecular weight is 264 g/mol. The van der Waals surface area contributed by atoms with Crippen LogP contribution in [-0.2, 0) is 6.54 Å². The number of hydrogen-bond acceptors (Lipinski definition) is 2. The van der Waals surface area contributed by atoms with Crippen LogP contribution in [0.15, 0.2) is 24.3 Å². The lowest BCUT2D eigenvalue weighted by Crippen LogP contribution is -2.36. The monoisotopic (exact) mass is 264 g/mol. The van der Waals surface area contributed by atoms with E-state index in [1.807, 2.05) is 6.07 Å². The molecule has 1 saturated carbocycles. The van der Waals surface area contributed by atoms with Gasteiger partial charge in [0.05, 0.1) is 0 Å². The molecule has 0 radical (unpaired) electrons. The van der Waals surface area contributed by atoms with Gasteiger partial charge in [-0.3, -0.25) is 0 Å². The zero-order valence-electron chi connectivity index (χ0n) is 11.9. The molecule has 0 heterocycles. The van der Waals surface area contributed by atoms with Gasteiger partial charge in [0.15, 0.2) is 0 Å². The summed E-state index contributed by atoms with van der Waals surface area (Å²) < 4.78 is 13.1. The molecule has 1 N–H and O–H groups in total. The molecule has 2 rings (SSSR count). The van der Waals surface area contributed by atoms with Crippen molar-refractivity contribution in [2.75, 3.05) is 20.1 Å². The Labute approximate surface area is 116 Å². The summed E-state index contributed by atoms with van der Waals surface area (Å²) in [5.74, 6) is -0.147. The third-order valence-corrected chi connectivity index (χ3v) is 3.87. The van der Waals surface area contributed by atoms with Gasteiger partial charge in [0.2, 0.25) is 0 Å². The summed E-state index contributed by atoms with van der Waals surface area (Å²) in [5.41, 5.74) is 1.04. The van der Waals surface area contributed by atoms with Crippen molar-refractivity contribution in [2.24, 2.45) is 0 Å². The standard InChI is InChI=1S/C16H25FN2/c1-19(13-14-6-5-7-15(17)12-14)11-10-18-16-8-3-2-4-9-16/h5-7,12,16,18H,2-4,8-11,13H2,1H3. The van der Waals surface area contributed by atoms with E-state index in [2.05, 4.69) is 17.3 Å². The fourth-order valence-corrected chi connectivity index (χ4v) is 2.79. The molecule has 19 heavy (non-hydrogen) atoms. The van der Waals surface area contributed by atoms with E-state index in [9.17, 15) is 4.39 Å². The number of likely N-dealkylation sites (N-methyl/N-ethyl adjacent to an activating group) is 1. The second-order valence-electron chi connectivity index (χ2n) is 5.66. The minimum Gasteiger partial charge on any atom is -0.313 e. The smallest absolute Gasteiger partial charge is 0.123 e. The van der Waals surface area contributed by atoms with Crippen LogP contribution in [0.25, 0.3) is 0 Å². The third kappa shape index (κ3) is 5.29. The van der Waals surface area contributed by atoms with Crippen molar-refractivity contribution < 1.29 is 4.39 Å². The first-order chi connectivity index (χ1) is 9.24. The Kier molecular flexibility index (Phi) is 5.80. The summed E-state index contributed by atoms with van der Waals surface area (Å²) in [6.07, 6.45) is 6.80. The fourth-order valence-electron chi connectivity index (χ4n) is 2.79. The lowest BCUT2D eigenvalue weighted by atomic mass is 9.95. The highest BCUT2D eigenvalue weighted by Crippen LogP contribution is 2.17. The molecule has 0 unspecified atom stereocenters. The van der Waals surface area contributed by atoms with E-state index in [0.717, 1.165) is 31.2 Å². The summed E-state index contributed by atoms with van der Waals surface area (Å²) in [7, 11) is 2.09. The number of nitrogens with one attached hydrogen (secondary N) is 1. The molecule has 0 atom stereocenters. The highest BCUT2D eigenvalue weighted by Gasteiger charge is 2.12. The fraction of sp³-hybridized carbons (Fsp3) is 0.625. The molecule has 0 saturated heterocycles. The Morgan fingerprint density at radius 1 is 1.26 bits per heavy atom. The van der Waals surface area contributed by atoms with E-state index in [-0.39, 0.29) is 5.82 Å². The Bertz CT molecular complexity index is 375. The van der Waals surface area contributed by atoms with Crippen LogP contribution in [-0.4, -0.2) is 31.1 Å². The lowest BCUT2D eigenvalue weighted by molar-refractivity contribution is 0.300. The van der Waals surface area contributed by atoms with Crippen molar-refractivity contribution >= 4 is 0 Å². The molecule has 2 nitrogen and oxygen atoms in total. The first kappa shape index (κ1) is 14.5. The molecule has 0 spiro atoms. The van der Waals surface area contributed by atoms with Crippen LogP contribution < -0.4 is 5.32 Å². The Morgan fingerprint density at radius 2 is 2.05 bits per heavy atom. The van der Waals surface area contributed by atoms with Gasteiger partial charge in [-0.25, -0.2) is 4.39 Å². The summed E-state index contributed by atoms with van der Waals surface area (Å²) in [4.78, 5) is 2.24. The number of rotatable bonds is 6. The molecule has 1 aliphatic rings. The second-order valence-corrected chi connectivity index (χ2v) is 5.66. The van der Waals surface area contributed by atoms with Crippen LogP contribution in [0.3, 0.4) is 0 Å². The van der Waals surface area contributed by atoms with E-state index in [4.69, 9.17) is 0 Å². The maximum Gasteiger partial charge on any atom is 0.123 e. The second kappa shape index (κ2) is 7.61. The van der Waals surface area contributed by atoms with Gasteiger partial charge in [0, 0.05) is 25.7 Å². The number of hydrogen-bond donors (Lipinski definition) is 1. The Morgan fingerprint density at radius 3 is 2.79 bits per heavy atom. The largest absolute Gasteiger partial charge is 0.313 e. The highest BCUT2D eigenvalue weighted by molar-refractivity contribution is 5.15. The zero-order valence-corrected chi connectivity index (χ0v) is 11.9. The predicted molar refractivity (Wildman–Crippen MR) is 77.6 cm³/mol. The van der Waals surface area contributed by atoms with Crippen molar-refractivity contribution in [1.82, 2.24) is 10.2 Å². The molecule has 1 fully saturated rings. The van der Waals surface area contributed by atoms with E-state index in [0.29, 0.717) is 0 Å². The molecule has 0 aromatic heterocycles. The van der Waals surface area contributed by atoms with E-state index >= 15 is 0 Å². The van der Waals surface area contributed by atoms with Crippen LogP contribution in [0, 0.1) is 5.82 Å². The maximum atomic E-state index is 13.1. The normalized spacial score (nSPS) is 17.0. The van der Waals surface area contributed by atoms with Gasteiger partial charge in [-0.15, -0.1) is 0 Å². The summed E-state index contributed by atoms with van der Waals surface area (Å²) in [6, 6.07) is 7.59. The van der Waals surface area contributed by atoms with Crippen molar-refractivity contribution in [3.8, 4) is 0 Å². The van der Waals surface area contributed by atoms with Gasteiger partial charge in [0.1, 0.15) is 5.82 Å². The first-order valence-electron chi connectivity index (χ1n) is 7.40. The predicted octanol–water partition coefficient (Wildman–Crippen LogP) is 3.18. The van der Waals surface area contributed by atoms with Crippen molar-refractivity contribution in [3.63, 3.8) is 0 Å². The molecule has 1 aromatic rings. The van der Waals surface area contributed by atoms with Gasteiger partial charge in [0.25, 0.3) is 0 Å². The Balaban J connectivity index is 1.65. The van der Waals surface area contributed by atoms with Crippen LogP contribution in [0.4, 0.5) is 4.39 Å². The molecule has 1 aliphatic carbocycles. The van der Waals surface area contributed by atoms with E-state index in [1.165, 1.54) is 38.2 Å². The first-order valence-corrected chi connectivity index (χ1v) is 7.40. The molecule has 0 aliphatic heterocycles. The summed E-state index contributed by atoms with van der Waals surface area (Å²) in [5, 5.41) is 3.63. The van der Waals surface area contributed by atoms with Crippen molar-refractivity contribution in [2.45, 2.75) is 44.7 Å². The maximum absolute atomic E-state index is 13.1. The lowest BCUT2D eigenvalue weighted by Gasteiger charge is -2.24. The molecular formula is C16H25FN2. The van der Waals surface area contributed by atoms with Gasteiger partial charge >= 0.3 is 0 Å². The van der Waals surface area contributed by atoms with Crippen LogP contribution in [0.5, 0.6) is 0 Å². The van der Waals surface area contributed by atoms with E-state index in [1.54, 1.807) is 12.1 Å². The van der Waals surface area contributed by atoms with Crippen LogP contribution >= 0.6 is 0 Å². The molecular weight excluding hydrogens is 239 g/mol. The SMILES string of the molecule is CN(CCNC1CCCCC1)Cc1cccc(F)c1. The number of nitrogens with zero attached hydrogens (tertiary/aromatic N) is 1. The molecule has 0 amide bonds. The third-order valence-electron chi connectivity index (χ3n) is 3.87. The number of halogens is 1. The molecule has 3 heteroatoms. The minimum absolute atomic E-state index is 0.147. The average Bonchev–Trinajstić information content (AvgIpc) is 2.40. The topological polar surface area (TPSA) is 15.3 Å². The zero-order chi connectivity index (χ0) is 13.5. The van der Waals surface area contributed by atoms with E-state index < -0.39 is 0 Å². The van der Waals surface area contributed by atoms with Gasteiger partial charge < -0.3 is 10.2 Å². The number of benzene rings is 1. The van der Waals surface area contributed by atoms with Crippen molar-refractivity contribution in [1.29, 1.82) is 0 Å². The minimum atomic E-state index is -0.147. The van der Waals surface area contributed by atoms with Crippen LogP contribution in [0.2, 0.25) is 0 Å². The Hall–Kier alpha value is -0.930. The van der Waals surface area contributed by atoms with Gasteiger partial charge in [-0.1, -0.05) is 31.4 Å². The van der Waals surface area contributed by atoms with Gasteiger partial charge in [-0.2, -0.15) is 0 Å². The highest BCUT2D eigenvalue weighted by atomic mass is 19.1. The molecule has 106 valence electrons. The molecule has 1 aromatic carbocycles. The molecule has 0 bridgehead atoms. The van der Waals surface area contributed by atoms with Crippen molar-refractivity contribution in [3.05, 3.63) is 35.6 Å².